The highest BCUT2D eigenvalue weighted by Crippen LogP contribution is 2.21. The van der Waals surface area contributed by atoms with Gasteiger partial charge in [-0.1, -0.05) is 28.4 Å². The van der Waals surface area contributed by atoms with Gasteiger partial charge in [-0.2, -0.15) is 0 Å². The molecule has 0 spiro atoms. The standard InChI is InChI=1S/C15H21BrO2/c1-2-3-4-6-9-13(12-16)15(17)18-14-10-7-5-8-11-14/h1,9,14H,3-8,10-12H2/b13-9+. The summed E-state index contributed by atoms with van der Waals surface area (Å²) >= 11 is 3.34. The first kappa shape index (κ1) is 15.3. The van der Waals surface area contributed by atoms with Crippen molar-refractivity contribution in [3.63, 3.8) is 0 Å². The van der Waals surface area contributed by atoms with E-state index in [9.17, 15) is 4.79 Å². The zero-order valence-corrected chi connectivity index (χ0v) is 12.4. The summed E-state index contributed by atoms with van der Waals surface area (Å²) in [6.07, 6.45) is 15.4. The van der Waals surface area contributed by atoms with Crippen molar-refractivity contribution in [2.75, 3.05) is 5.33 Å². The zero-order valence-electron chi connectivity index (χ0n) is 10.8. The minimum Gasteiger partial charge on any atom is -0.459 e. The van der Waals surface area contributed by atoms with E-state index in [4.69, 9.17) is 11.2 Å². The minimum atomic E-state index is -0.167. The van der Waals surface area contributed by atoms with Crippen LogP contribution in [0.3, 0.4) is 0 Å². The van der Waals surface area contributed by atoms with Crippen molar-refractivity contribution in [3.05, 3.63) is 11.6 Å². The Labute approximate surface area is 118 Å². The Hall–Kier alpha value is -0.750. The fraction of sp³-hybridized carbons (Fsp3) is 0.667. The molecule has 0 heterocycles. The number of allylic oxidation sites excluding steroid dienone is 1. The number of ether oxygens (including phenoxy) is 1. The lowest BCUT2D eigenvalue weighted by Crippen LogP contribution is -2.22. The first-order valence-corrected chi connectivity index (χ1v) is 7.79. The molecular formula is C15H21BrO2. The van der Waals surface area contributed by atoms with E-state index in [0.29, 0.717) is 5.33 Å². The van der Waals surface area contributed by atoms with Crippen molar-refractivity contribution in [1.29, 1.82) is 0 Å². The molecule has 1 rings (SSSR count). The van der Waals surface area contributed by atoms with E-state index in [-0.39, 0.29) is 12.1 Å². The van der Waals surface area contributed by atoms with Crippen molar-refractivity contribution in [2.45, 2.75) is 57.5 Å². The van der Waals surface area contributed by atoms with Crippen LogP contribution in [0.25, 0.3) is 0 Å². The Balaban J connectivity index is 2.38. The van der Waals surface area contributed by atoms with E-state index in [1.54, 1.807) is 0 Å². The van der Waals surface area contributed by atoms with Crippen LogP contribution >= 0.6 is 15.9 Å². The van der Waals surface area contributed by atoms with E-state index >= 15 is 0 Å². The molecule has 0 amide bonds. The number of rotatable bonds is 6. The van der Waals surface area contributed by atoms with Crippen LogP contribution in [0.2, 0.25) is 0 Å². The Morgan fingerprint density at radius 2 is 2.11 bits per heavy atom. The number of carbonyl (C=O) groups excluding carboxylic acids is 1. The summed E-state index contributed by atoms with van der Waals surface area (Å²) in [4.78, 5) is 11.9. The molecule has 0 aliphatic heterocycles. The van der Waals surface area contributed by atoms with Crippen molar-refractivity contribution in [3.8, 4) is 12.3 Å². The molecule has 1 saturated carbocycles. The van der Waals surface area contributed by atoms with Crippen LogP contribution in [0.4, 0.5) is 0 Å². The molecule has 0 radical (unpaired) electrons. The molecule has 0 saturated heterocycles. The maximum absolute atomic E-state index is 11.9. The molecule has 0 bridgehead atoms. The van der Waals surface area contributed by atoms with Crippen LogP contribution in [0, 0.1) is 12.3 Å². The highest BCUT2D eigenvalue weighted by atomic mass is 79.9. The lowest BCUT2D eigenvalue weighted by molar-refractivity contribution is -0.145. The summed E-state index contributed by atoms with van der Waals surface area (Å²) in [6, 6.07) is 0. The highest BCUT2D eigenvalue weighted by molar-refractivity contribution is 9.09. The SMILES string of the molecule is C#CCCC/C=C(\CBr)C(=O)OC1CCCCC1. The molecule has 0 unspecified atom stereocenters. The van der Waals surface area contributed by atoms with Gasteiger partial charge in [0.2, 0.25) is 0 Å². The Morgan fingerprint density at radius 1 is 1.39 bits per heavy atom. The van der Waals surface area contributed by atoms with E-state index in [1.165, 1.54) is 19.3 Å². The number of terminal acetylenes is 1. The average Bonchev–Trinajstić information content (AvgIpc) is 2.40. The van der Waals surface area contributed by atoms with Gasteiger partial charge in [0.25, 0.3) is 0 Å². The first-order chi connectivity index (χ1) is 8.77. The van der Waals surface area contributed by atoms with E-state index in [2.05, 4.69) is 21.9 Å². The average molecular weight is 313 g/mol. The normalized spacial score (nSPS) is 17.2. The van der Waals surface area contributed by atoms with E-state index in [1.807, 2.05) is 6.08 Å². The van der Waals surface area contributed by atoms with Crippen LogP contribution in [0.15, 0.2) is 11.6 Å². The van der Waals surface area contributed by atoms with Gasteiger partial charge in [0, 0.05) is 17.3 Å². The van der Waals surface area contributed by atoms with Gasteiger partial charge in [-0.25, -0.2) is 4.79 Å². The molecule has 3 heteroatoms. The Bertz CT molecular complexity index is 322. The summed E-state index contributed by atoms with van der Waals surface area (Å²) in [6.45, 7) is 0. The molecule has 1 fully saturated rings. The molecule has 0 N–H and O–H groups in total. The minimum absolute atomic E-state index is 0.124. The summed E-state index contributed by atoms with van der Waals surface area (Å²) in [5.41, 5.74) is 0.720. The first-order valence-electron chi connectivity index (χ1n) is 6.67. The predicted octanol–water partition coefficient (Wildman–Crippen LogP) is 3.99. The maximum atomic E-state index is 11.9. The fourth-order valence-electron chi connectivity index (χ4n) is 2.08. The Morgan fingerprint density at radius 3 is 2.72 bits per heavy atom. The number of halogens is 1. The van der Waals surface area contributed by atoms with Crippen molar-refractivity contribution >= 4 is 21.9 Å². The van der Waals surface area contributed by atoms with E-state index in [0.717, 1.165) is 37.7 Å². The monoisotopic (exact) mass is 312 g/mol. The third-order valence-corrected chi connectivity index (χ3v) is 3.75. The van der Waals surface area contributed by atoms with Crippen molar-refractivity contribution in [1.82, 2.24) is 0 Å². The van der Waals surface area contributed by atoms with Gasteiger partial charge in [-0.05, 0) is 38.5 Å². The second-order valence-corrected chi connectivity index (χ2v) is 5.19. The molecular weight excluding hydrogens is 292 g/mol. The van der Waals surface area contributed by atoms with E-state index < -0.39 is 0 Å². The van der Waals surface area contributed by atoms with Crippen molar-refractivity contribution in [2.24, 2.45) is 0 Å². The number of alkyl halides is 1. The topological polar surface area (TPSA) is 26.3 Å². The lowest BCUT2D eigenvalue weighted by Gasteiger charge is -2.22. The van der Waals surface area contributed by atoms with Crippen LogP contribution in [0.5, 0.6) is 0 Å². The molecule has 0 aromatic carbocycles. The van der Waals surface area contributed by atoms with Crippen LogP contribution in [-0.4, -0.2) is 17.4 Å². The molecule has 0 aromatic heterocycles. The molecule has 1 aliphatic rings. The molecule has 100 valence electrons. The van der Waals surface area contributed by atoms with Gasteiger partial charge in [0.05, 0.1) is 0 Å². The molecule has 1 aliphatic carbocycles. The third-order valence-electron chi connectivity index (χ3n) is 3.15. The summed E-state index contributed by atoms with van der Waals surface area (Å²) < 4.78 is 5.52. The number of unbranched alkanes of at least 4 members (excludes halogenated alkanes) is 2. The highest BCUT2D eigenvalue weighted by Gasteiger charge is 2.19. The summed E-state index contributed by atoms with van der Waals surface area (Å²) in [5, 5.41) is 0.550. The third kappa shape index (κ3) is 5.73. The van der Waals surface area contributed by atoms with Gasteiger partial charge >= 0.3 is 5.97 Å². The van der Waals surface area contributed by atoms with Crippen LogP contribution < -0.4 is 0 Å². The lowest BCUT2D eigenvalue weighted by atomic mass is 9.98. The zero-order chi connectivity index (χ0) is 13.2. The number of hydrogen-bond acceptors (Lipinski definition) is 2. The van der Waals surface area contributed by atoms with Crippen LogP contribution in [-0.2, 0) is 9.53 Å². The fourth-order valence-corrected chi connectivity index (χ4v) is 2.54. The smallest absolute Gasteiger partial charge is 0.334 e. The van der Waals surface area contributed by atoms with Crippen LogP contribution in [0.1, 0.15) is 51.4 Å². The van der Waals surface area contributed by atoms with Gasteiger partial charge in [-0.3, -0.25) is 0 Å². The second-order valence-electron chi connectivity index (χ2n) is 4.62. The Kier molecular flexibility index (Phi) is 7.84. The van der Waals surface area contributed by atoms with Gasteiger partial charge in [-0.15, -0.1) is 12.3 Å². The van der Waals surface area contributed by atoms with Crippen molar-refractivity contribution < 1.29 is 9.53 Å². The second kappa shape index (κ2) is 9.22. The molecule has 18 heavy (non-hydrogen) atoms. The van der Waals surface area contributed by atoms with Gasteiger partial charge in [0.15, 0.2) is 0 Å². The summed E-state index contributed by atoms with van der Waals surface area (Å²) in [5.74, 6) is 2.43. The maximum Gasteiger partial charge on any atom is 0.334 e. The largest absolute Gasteiger partial charge is 0.459 e. The molecule has 2 nitrogen and oxygen atoms in total. The summed E-state index contributed by atoms with van der Waals surface area (Å²) in [7, 11) is 0. The number of esters is 1. The van der Waals surface area contributed by atoms with Gasteiger partial charge < -0.3 is 4.74 Å². The quantitative estimate of drug-likeness (QED) is 0.244. The predicted molar refractivity (Wildman–Crippen MR) is 77.5 cm³/mol. The number of hydrogen-bond donors (Lipinski definition) is 0. The number of carbonyl (C=O) groups is 1. The molecule has 0 atom stereocenters. The molecule has 0 aromatic rings. The van der Waals surface area contributed by atoms with Gasteiger partial charge in [0.1, 0.15) is 6.10 Å².